The lowest BCUT2D eigenvalue weighted by molar-refractivity contribution is -0.120. The lowest BCUT2D eigenvalue weighted by Gasteiger charge is -2.24. The summed E-state index contributed by atoms with van der Waals surface area (Å²) in [5, 5.41) is 2.52. The zero-order valence-electron chi connectivity index (χ0n) is 11.5. The summed E-state index contributed by atoms with van der Waals surface area (Å²) in [6, 6.07) is 7.31. The molecule has 0 heterocycles. The summed E-state index contributed by atoms with van der Waals surface area (Å²) in [5.41, 5.74) is 1.56. The highest BCUT2D eigenvalue weighted by molar-refractivity contribution is 7.92. The van der Waals surface area contributed by atoms with Crippen LogP contribution in [0.4, 0.5) is 5.69 Å². The fourth-order valence-corrected chi connectivity index (χ4v) is 2.84. The molecule has 1 aromatic rings. The lowest BCUT2D eigenvalue weighted by Crippen LogP contribution is -2.32. The van der Waals surface area contributed by atoms with E-state index < -0.39 is 10.0 Å². The molecule has 0 spiro atoms. The van der Waals surface area contributed by atoms with Crippen molar-refractivity contribution < 1.29 is 13.2 Å². The average molecular weight is 284 g/mol. The van der Waals surface area contributed by atoms with Crippen LogP contribution in [0.3, 0.4) is 0 Å². The first kappa shape index (κ1) is 15.5. The standard InChI is InChI=1S/C13H20N2O3S/c1-11-7-4-5-8-12(11)15(19(3,17)18)10-6-9-13(16)14-2/h4-5,7-8H,6,9-10H2,1-3H3,(H,14,16). The number of rotatable bonds is 6. The Morgan fingerprint density at radius 1 is 1.32 bits per heavy atom. The summed E-state index contributed by atoms with van der Waals surface area (Å²) in [7, 11) is -1.78. The minimum atomic E-state index is -3.34. The smallest absolute Gasteiger partial charge is 0.232 e. The molecule has 0 aliphatic heterocycles. The van der Waals surface area contributed by atoms with Gasteiger partial charge in [0.25, 0.3) is 0 Å². The van der Waals surface area contributed by atoms with Gasteiger partial charge in [0.1, 0.15) is 0 Å². The Morgan fingerprint density at radius 2 is 1.95 bits per heavy atom. The molecule has 1 rings (SSSR count). The number of sulfonamides is 1. The number of carbonyl (C=O) groups excluding carboxylic acids is 1. The lowest BCUT2D eigenvalue weighted by atomic mass is 10.2. The molecule has 0 saturated carbocycles. The topological polar surface area (TPSA) is 66.5 Å². The van der Waals surface area contributed by atoms with E-state index in [1.54, 1.807) is 19.2 Å². The van der Waals surface area contributed by atoms with Gasteiger partial charge in [-0.15, -0.1) is 0 Å². The maximum absolute atomic E-state index is 11.9. The van der Waals surface area contributed by atoms with Gasteiger partial charge in [0.15, 0.2) is 0 Å². The minimum Gasteiger partial charge on any atom is -0.359 e. The van der Waals surface area contributed by atoms with Crippen LogP contribution >= 0.6 is 0 Å². The van der Waals surface area contributed by atoms with Gasteiger partial charge in [-0.3, -0.25) is 9.10 Å². The maximum atomic E-state index is 11.9. The summed E-state index contributed by atoms with van der Waals surface area (Å²) in [6.45, 7) is 2.17. The van der Waals surface area contributed by atoms with Crippen LogP contribution in [0.2, 0.25) is 0 Å². The van der Waals surface area contributed by atoms with Crippen LogP contribution in [0, 0.1) is 6.92 Å². The number of nitrogens with one attached hydrogen (secondary N) is 1. The average Bonchev–Trinajstić information content (AvgIpc) is 2.34. The number of hydrogen-bond donors (Lipinski definition) is 1. The number of para-hydroxylation sites is 1. The third-order valence-electron chi connectivity index (χ3n) is 2.83. The number of amides is 1. The Balaban J connectivity index is 2.86. The Labute approximate surface area is 114 Å². The van der Waals surface area contributed by atoms with E-state index in [1.807, 2.05) is 19.1 Å². The van der Waals surface area contributed by atoms with Crippen LogP contribution in [-0.4, -0.2) is 34.2 Å². The van der Waals surface area contributed by atoms with Gasteiger partial charge in [-0.05, 0) is 25.0 Å². The molecule has 1 aromatic carbocycles. The van der Waals surface area contributed by atoms with Crippen molar-refractivity contribution in [2.45, 2.75) is 19.8 Å². The number of carbonyl (C=O) groups is 1. The number of hydrogen-bond acceptors (Lipinski definition) is 3. The highest BCUT2D eigenvalue weighted by Gasteiger charge is 2.18. The highest BCUT2D eigenvalue weighted by atomic mass is 32.2. The second-order valence-electron chi connectivity index (χ2n) is 4.40. The van der Waals surface area contributed by atoms with Crippen LogP contribution in [0.1, 0.15) is 18.4 Å². The SMILES string of the molecule is CNC(=O)CCCN(c1ccccc1C)S(C)(=O)=O. The maximum Gasteiger partial charge on any atom is 0.232 e. The van der Waals surface area contributed by atoms with E-state index in [0.29, 0.717) is 25.1 Å². The molecule has 1 amide bonds. The Bertz CT molecular complexity index is 541. The molecule has 0 radical (unpaired) electrons. The van der Waals surface area contributed by atoms with Crippen LogP contribution < -0.4 is 9.62 Å². The molecule has 106 valence electrons. The first-order valence-corrected chi connectivity index (χ1v) is 7.95. The number of anilines is 1. The normalized spacial score (nSPS) is 11.1. The highest BCUT2D eigenvalue weighted by Crippen LogP contribution is 2.22. The molecule has 0 aliphatic carbocycles. The van der Waals surface area contributed by atoms with Gasteiger partial charge in [-0.25, -0.2) is 8.42 Å². The summed E-state index contributed by atoms with van der Waals surface area (Å²) < 4.78 is 25.1. The van der Waals surface area contributed by atoms with Crippen molar-refractivity contribution in [2.24, 2.45) is 0 Å². The first-order chi connectivity index (χ1) is 8.86. The van der Waals surface area contributed by atoms with Gasteiger partial charge in [0, 0.05) is 20.0 Å². The first-order valence-electron chi connectivity index (χ1n) is 6.10. The summed E-state index contributed by atoms with van der Waals surface area (Å²) in [4.78, 5) is 11.2. The van der Waals surface area contributed by atoms with Crippen molar-refractivity contribution in [1.29, 1.82) is 0 Å². The van der Waals surface area contributed by atoms with Crippen molar-refractivity contribution in [2.75, 3.05) is 24.2 Å². The fourth-order valence-electron chi connectivity index (χ4n) is 1.82. The van der Waals surface area contributed by atoms with Crippen LogP contribution in [-0.2, 0) is 14.8 Å². The predicted octanol–water partition coefficient (Wildman–Crippen LogP) is 1.29. The van der Waals surface area contributed by atoms with Crippen molar-refractivity contribution in [3.8, 4) is 0 Å². The number of benzene rings is 1. The van der Waals surface area contributed by atoms with Gasteiger partial charge >= 0.3 is 0 Å². The van der Waals surface area contributed by atoms with E-state index in [0.717, 1.165) is 5.56 Å². The molecule has 0 atom stereocenters. The van der Waals surface area contributed by atoms with E-state index in [1.165, 1.54) is 10.6 Å². The Morgan fingerprint density at radius 3 is 2.47 bits per heavy atom. The third kappa shape index (κ3) is 4.55. The van der Waals surface area contributed by atoms with Gasteiger partial charge in [0.05, 0.1) is 11.9 Å². The minimum absolute atomic E-state index is 0.0850. The molecular weight excluding hydrogens is 264 g/mol. The second-order valence-corrected chi connectivity index (χ2v) is 6.31. The van der Waals surface area contributed by atoms with Gasteiger partial charge in [-0.1, -0.05) is 18.2 Å². The van der Waals surface area contributed by atoms with Gasteiger partial charge in [0.2, 0.25) is 15.9 Å². The molecule has 6 heteroatoms. The van der Waals surface area contributed by atoms with Crippen LogP contribution in [0.15, 0.2) is 24.3 Å². The molecule has 0 saturated heterocycles. The summed E-state index contributed by atoms with van der Waals surface area (Å²) in [5.74, 6) is -0.0850. The van der Waals surface area contributed by atoms with E-state index in [4.69, 9.17) is 0 Å². The summed E-state index contributed by atoms with van der Waals surface area (Å²) in [6.07, 6.45) is 1.98. The number of nitrogens with zero attached hydrogens (tertiary/aromatic N) is 1. The number of aryl methyl sites for hydroxylation is 1. The molecule has 1 N–H and O–H groups in total. The van der Waals surface area contributed by atoms with E-state index in [-0.39, 0.29) is 5.91 Å². The molecule has 5 nitrogen and oxygen atoms in total. The Hall–Kier alpha value is -1.56. The van der Waals surface area contributed by atoms with E-state index >= 15 is 0 Å². The van der Waals surface area contributed by atoms with Crippen molar-refractivity contribution in [3.05, 3.63) is 29.8 Å². The van der Waals surface area contributed by atoms with Gasteiger partial charge in [-0.2, -0.15) is 0 Å². The molecular formula is C13H20N2O3S. The predicted molar refractivity (Wildman–Crippen MR) is 76.7 cm³/mol. The molecule has 19 heavy (non-hydrogen) atoms. The van der Waals surface area contributed by atoms with Crippen LogP contribution in [0.25, 0.3) is 0 Å². The van der Waals surface area contributed by atoms with Crippen LogP contribution in [0.5, 0.6) is 0 Å². The second kappa shape index (κ2) is 6.56. The van der Waals surface area contributed by atoms with E-state index in [2.05, 4.69) is 5.32 Å². The zero-order valence-corrected chi connectivity index (χ0v) is 12.3. The quantitative estimate of drug-likeness (QED) is 0.856. The molecule has 0 bridgehead atoms. The molecule has 0 aromatic heterocycles. The third-order valence-corrected chi connectivity index (χ3v) is 4.01. The van der Waals surface area contributed by atoms with Crippen molar-refractivity contribution in [3.63, 3.8) is 0 Å². The molecule has 0 aliphatic rings. The fraction of sp³-hybridized carbons (Fsp3) is 0.462. The zero-order chi connectivity index (χ0) is 14.5. The van der Waals surface area contributed by atoms with E-state index in [9.17, 15) is 13.2 Å². The van der Waals surface area contributed by atoms with Crippen molar-refractivity contribution in [1.82, 2.24) is 5.32 Å². The van der Waals surface area contributed by atoms with Crippen molar-refractivity contribution >= 4 is 21.6 Å². The largest absolute Gasteiger partial charge is 0.359 e. The van der Waals surface area contributed by atoms with Gasteiger partial charge < -0.3 is 5.32 Å². The molecule has 0 unspecified atom stereocenters. The monoisotopic (exact) mass is 284 g/mol. The Kier molecular flexibility index (Phi) is 5.35. The molecule has 0 fully saturated rings. The summed E-state index contributed by atoms with van der Waals surface area (Å²) >= 11 is 0.